The first-order valence-electron chi connectivity index (χ1n) is 8.08. The number of hydrogen-bond donors (Lipinski definition) is 2. The Morgan fingerprint density at radius 1 is 1.39 bits per heavy atom. The van der Waals surface area contributed by atoms with Gasteiger partial charge in [0.1, 0.15) is 11.9 Å². The molecule has 23 heavy (non-hydrogen) atoms. The fraction of sp³-hybridized carbons (Fsp3) is 0.562. The fourth-order valence-corrected chi connectivity index (χ4v) is 2.84. The zero-order valence-corrected chi connectivity index (χ0v) is 13.1. The van der Waals surface area contributed by atoms with Gasteiger partial charge in [-0.3, -0.25) is 9.59 Å². The van der Waals surface area contributed by atoms with Crippen molar-refractivity contribution in [3.8, 4) is 0 Å². The molecule has 0 aliphatic carbocycles. The van der Waals surface area contributed by atoms with Crippen LogP contribution in [-0.4, -0.2) is 49.1 Å². The van der Waals surface area contributed by atoms with Crippen molar-refractivity contribution in [2.24, 2.45) is 0 Å². The third-order valence-electron chi connectivity index (χ3n) is 4.12. The van der Waals surface area contributed by atoms with Crippen molar-refractivity contribution in [3.05, 3.63) is 23.9 Å². The molecule has 0 unspecified atom stereocenters. The first kappa shape index (κ1) is 15.7. The predicted molar refractivity (Wildman–Crippen MR) is 84.9 cm³/mol. The summed E-state index contributed by atoms with van der Waals surface area (Å²) in [7, 11) is 0. The Morgan fingerprint density at radius 2 is 2.22 bits per heavy atom. The lowest BCUT2D eigenvalue weighted by molar-refractivity contribution is -0.131. The number of rotatable bonds is 4. The Balaban J connectivity index is 1.55. The fourth-order valence-electron chi connectivity index (χ4n) is 2.84. The van der Waals surface area contributed by atoms with Gasteiger partial charge in [0.15, 0.2) is 0 Å². The van der Waals surface area contributed by atoms with Crippen LogP contribution in [0, 0.1) is 0 Å². The largest absolute Gasteiger partial charge is 0.378 e. The van der Waals surface area contributed by atoms with Crippen molar-refractivity contribution in [1.82, 2.24) is 15.6 Å². The van der Waals surface area contributed by atoms with Gasteiger partial charge in [-0.25, -0.2) is 4.98 Å². The minimum atomic E-state index is -0.418. The summed E-state index contributed by atoms with van der Waals surface area (Å²) in [5.74, 6) is 0.714. The summed E-state index contributed by atoms with van der Waals surface area (Å²) >= 11 is 0. The number of carbonyl (C=O) groups is 2. The molecular formula is C16H22N4O3. The lowest BCUT2D eigenvalue weighted by Crippen LogP contribution is -2.48. The lowest BCUT2D eigenvalue weighted by Gasteiger charge is -2.28. The molecule has 7 heteroatoms. The molecular weight excluding hydrogens is 296 g/mol. The maximum atomic E-state index is 12.1. The van der Waals surface area contributed by atoms with Crippen LogP contribution >= 0.6 is 0 Å². The molecule has 0 bridgehead atoms. The van der Waals surface area contributed by atoms with E-state index in [-0.39, 0.29) is 11.8 Å². The molecule has 2 amide bonds. The molecule has 0 saturated carbocycles. The van der Waals surface area contributed by atoms with Gasteiger partial charge in [0.2, 0.25) is 11.8 Å². The second kappa shape index (κ2) is 7.41. The second-order valence-corrected chi connectivity index (χ2v) is 5.82. The molecule has 0 aromatic carbocycles. The molecule has 2 aliphatic heterocycles. The van der Waals surface area contributed by atoms with Crippen LogP contribution in [0.3, 0.4) is 0 Å². The third-order valence-corrected chi connectivity index (χ3v) is 4.12. The molecule has 2 fully saturated rings. The van der Waals surface area contributed by atoms with Gasteiger partial charge in [0.05, 0.1) is 25.5 Å². The second-order valence-electron chi connectivity index (χ2n) is 5.82. The molecule has 1 atom stereocenters. The molecule has 2 aliphatic rings. The Hall–Kier alpha value is -2.15. The van der Waals surface area contributed by atoms with Crippen LogP contribution in [0.2, 0.25) is 0 Å². The van der Waals surface area contributed by atoms with Crippen molar-refractivity contribution in [1.29, 1.82) is 0 Å². The number of pyridine rings is 1. The van der Waals surface area contributed by atoms with Crippen molar-refractivity contribution in [3.63, 3.8) is 0 Å². The van der Waals surface area contributed by atoms with E-state index in [0.717, 1.165) is 31.0 Å². The normalized spacial score (nSPS) is 21.7. The van der Waals surface area contributed by atoms with Gasteiger partial charge in [0.25, 0.3) is 0 Å². The molecule has 0 spiro atoms. The van der Waals surface area contributed by atoms with Gasteiger partial charge in [-0.15, -0.1) is 0 Å². The molecule has 1 aromatic rings. The quantitative estimate of drug-likeness (QED) is 0.829. The number of piperidine rings is 1. The Labute approximate surface area is 135 Å². The molecule has 3 rings (SSSR count). The van der Waals surface area contributed by atoms with E-state index in [1.54, 1.807) is 0 Å². The number of hydrogen-bond acceptors (Lipinski definition) is 5. The standard InChI is InChI=1S/C16H22N4O3/c21-15-6-2-4-13(19-15)16(22)17-11-12-3-1-5-14(18-12)20-7-9-23-10-8-20/h1,3,5,13H,2,4,6-11H2,(H,17,22)(H,19,21)/t13-/m1/s1. The van der Waals surface area contributed by atoms with Crippen LogP contribution in [0.15, 0.2) is 18.2 Å². The molecule has 3 heterocycles. The minimum Gasteiger partial charge on any atom is -0.378 e. The van der Waals surface area contributed by atoms with E-state index in [2.05, 4.69) is 20.5 Å². The third kappa shape index (κ3) is 4.19. The molecule has 7 nitrogen and oxygen atoms in total. The van der Waals surface area contributed by atoms with Crippen molar-refractivity contribution in [2.45, 2.75) is 31.8 Å². The maximum absolute atomic E-state index is 12.1. The van der Waals surface area contributed by atoms with E-state index in [1.807, 2.05) is 18.2 Å². The number of morpholine rings is 1. The van der Waals surface area contributed by atoms with Gasteiger partial charge in [0, 0.05) is 19.5 Å². The number of amides is 2. The summed E-state index contributed by atoms with van der Waals surface area (Å²) in [6.07, 6.45) is 1.96. The van der Waals surface area contributed by atoms with E-state index in [9.17, 15) is 9.59 Å². The van der Waals surface area contributed by atoms with Crippen LogP contribution in [0.5, 0.6) is 0 Å². The average molecular weight is 318 g/mol. The molecule has 2 saturated heterocycles. The van der Waals surface area contributed by atoms with Crippen molar-refractivity contribution in [2.75, 3.05) is 31.2 Å². The number of nitrogens with one attached hydrogen (secondary N) is 2. The number of carbonyl (C=O) groups excluding carboxylic acids is 2. The van der Waals surface area contributed by atoms with E-state index < -0.39 is 6.04 Å². The van der Waals surface area contributed by atoms with Crippen LogP contribution in [0.4, 0.5) is 5.82 Å². The first-order valence-corrected chi connectivity index (χ1v) is 8.08. The molecule has 1 aromatic heterocycles. The van der Waals surface area contributed by atoms with Crippen LogP contribution in [0.25, 0.3) is 0 Å². The van der Waals surface area contributed by atoms with Crippen LogP contribution < -0.4 is 15.5 Å². The van der Waals surface area contributed by atoms with E-state index in [4.69, 9.17) is 4.74 Å². The summed E-state index contributed by atoms with van der Waals surface area (Å²) in [5, 5.41) is 5.58. The lowest BCUT2D eigenvalue weighted by atomic mass is 10.0. The van der Waals surface area contributed by atoms with E-state index >= 15 is 0 Å². The van der Waals surface area contributed by atoms with Gasteiger partial charge in [-0.2, -0.15) is 0 Å². The highest BCUT2D eigenvalue weighted by Gasteiger charge is 2.24. The smallest absolute Gasteiger partial charge is 0.242 e. The highest BCUT2D eigenvalue weighted by atomic mass is 16.5. The zero-order valence-electron chi connectivity index (χ0n) is 13.1. The highest BCUT2D eigenvalue weighted by Crippen LogP contribution is 2.13. The van der Waals surface area contributed by atoms with Crippen molar-refractivity contribution >= 4 is 17.6 Å². The van der Waals surface area contributed by atoms with Gasteiger partial charge < -0.3 is 20.3 Å². The van der Waals surface area contributed by atoms with Crippen LogP contribution in [0.1, 0.15) is 25.0 Å². The SMILES string of the molecule is O=C1CCC[C@H](C(=O)NCc2cccc(N3CCOCC3)n2)N1. The predicted octanol–water partition coefficient (Wildman–Crippen LogP) is 0.203. The monoisotopic (exact) mass is 318 g/mol. The summed E-state index contributed by atoms with van der Waals surface area (Å²) in [6.45, 7) is 3.45. The summed E-state index contributed by atoms with van der Waals surface area (Å²) < 4.78 is 5.35. The Kier molecular flexibility index (Phi) is 5.07. The Morgan fingerprint density at radius 3 is 3.00 bits per heavy atom. The highest BCUT2D eigenvalue weighted by molar-refractivity contribution is 5.88. The zero-order chi connectivity index (χ0) is 16.1. The molecule has 124 valence electrons. The van der Waals surface area contributed by atoms with Crippen LogP contribution in [-0.2, 0) is 20.9 Å². The van der Waals surface area contributed by atoms with E-state index in [0.29, 0.717) is 32.6 Å². The topological polar surface area (TPSA) is 83.6 Å². The first-order chi connectivity index (χ1) is 11.2. The van der Waals surface area contributed by atoms with Gasteiger partial charge in [-0.05, 0) is 25.0 Å². The summed E-state index contributed by atoms with van der Waals surface area (Å²) in [4.78, 5) is 30.2. The van der Waals surface area contributed by atoms with Crippen molar-refractivity contribution < 1.29 is 14.3 Å². The number of aromatic nitrogens is 1. The van der Waals surface area contributed by atoms with Gasteiger partial charge in [-0.1, -0.05) is 6.07 Å². The number of ether oxygens (including phenoxy) is 1. The number of nitrogens with zero attached hydrogens (tertiary/aromatic N) is 2. The van der Waals surface area contributed by atoms with E-state index in [1.165, 1.54) is 0 Å². The summed E-state index contributed by atoms with van der Waals surface area (Å²) in [5.41, 5.74) is 0.810. The average Bonchev–Trinajstić information content (AvgIpc) is 2.61. The van der Waals surface area contributed by atoms with Gasteiger partial charge >= 0.3 is 0 Å². The Bertz CT molecular complexity index is 572. The number of anilines is 1. The molecule has 2 N–H and O–H groups in total. The molecule has 0 radical (unpaired) electrons. The maximum Gasteiger partial charge on any atom is 0.242 e. The summed E-state index contributed by atoms with van der Waals surface area (Å²) in [6, 6.07) is 5.39. The minimum absolute atomic E-state index is 0.0520.